The van der Waals surface area contributed by atoms with E-state index in [4.69, 9.17) is 13.1 Å². The van der Waals surface area contributed by atoms with Crippen LogP contribution >= 0.6 is 0 Å². The molecule has 0 fully saturated rings. The smallest absolute Gasteiger partial charge is 0.195 e. The molecule has 9 rings (SSSR count). The van der Waals surface area contributed by atoms with Crippen molar-refractivity contribution in [1.82, 2.24) is 9.13 Å². The van der Waals surface area contributed by atoms with Crippen LogP contribution in [0.3, 0.4) is 0 Å². The van der Waals surface area contributed by atoms with E-state index in [1.165, 1.54) is 0 Å². The zero-order valence-corrected chi connectivity index (χ0v) is 27.5. The summed E-state index contributed by atoms with van der Waals surface area (Å²) in [5.41, 5.74) is 10.4. The first-order chi connectivity index (χ1) is 25.6. The van der Waals surface area contributed by atoms with Crippen molar-refractivity contribution in [2.24, 2.45) is 0 Å². The zero-order valence-electron chi connectivity index (χ0n) is 27.5. The summed E-state index contributed by atoms with van der Waals surface area (Å²) < 4.78 is 4.33. The van der Waals surface area contributed by atoms with E-state index in [1.54, 1.807) is 0 Å². The predicted molar refractivity (Wildman–Crippen MR) is 208 cm³/mol. The molecule has 2 aromatic heterocycles. The summed E-state index contributed by atoms with van der Waals surface area (Å²) in [4.78, 5) is 7.66. The van der Waals surface area contributed by atoms with Crippen LogP contribution < -0.4 is 0 Å². The molecule has 52 heavy (non-hydrogen) atoms. The number of fused-ring (bicyclic) bond motifs is 6. The van der Waals surface area contributed by atoms with E-state index in [-0.39, 0.29) is 0 Å². The molecule has 2 heterocycles. The Bertz CT molecular complexity index is 3120. The minimum Gasteiger partial charge on any atom is -0.309 e. The lowest BCUT2D eigenvalue weighted by atomic mass is 9.90. The third-order valence-corrected chi connectivity index (χ3v) is 9.81. The minimum absolute atomic E-state index is 0.424. The van der Waals surface area contributed by atoms with E-state index in [2.05, 4.69) is 55.2 Å². The summed E-state index contributed by atoms with van der Waals surface area (Å²) in [5, 5.41) is 24.5. The van der Waals surface area contributed by atoms with Gasteiger partial charge in [0.25, 0.3) is 0 Å². The van der Waals surface area contributed by atoms with Crippen LogP contribution in [0.25, 0.3) is 86.9 Å². The molecule has 0 saturated heterocycles. The maximum absolute atomic E-state index is 10.9. The van der Waals surface area contributed by atoms with E-state index < -0.39 is 0 Å². The van der Waals surface area contributed by atoms with Crippen LogP contribution in [0.4, 0.5) is 11.4 Å². The highest BCUT2D eigenvalue weighted by atomic mass is 15.0. The largest absolute Gasteiger partial charge is 0.309 e. The lowest BCUT2D eigenvalue weighted by Crippen LogP contribution is -2.00. The van der Waals surface area contributed by atoms with Crippen molar-refractivity contribution in [3.05, 3.63) is 180 Å². The van der Waals surface area contributed by atoms with Gasteiger partial charge >= 0.3 is 0 Å². The van der Waals surface area contributed by atoms with Gasteiger partial charge in [0.2, 0.25) is 0 Å². The van der Waals surface area contributed by atoms with E-state index in [0.29, 0.717) is 33.6 Å². The first-order valence-corrected chi connectivity index (χ1v) is 16.6. The molecule has 0 N–H and O–H groups in total. The fourth-order valence-electron chi connectivity index (χ4n) is 7.54. The maximum Gasteiger partial charge on any atom is 0.195 e. The normalized spacial score (nSPS) is 11.0. The van der Waals surface area contributed by atoms with Crippen molar-refractivity contribution in [1.29, 1.82) is 10.5 Å². The first-order valence-electron chi connectivity index (χ1n) is 16.6. The highest BCUT2D eigenvalue weighted by Gasteiger charge is 2.22. The van der Waals surface area contributed by atoms with E-state index in [9.17, 15) is 10.5 Å². The van der Waals surface area contributed by atoms with Crippen LogP contribution in [-0.4, -0.2) is 9.13 Å². The Kier molecular flexibility index (Phi) is 6.91. The number of para-hydroxylation sites is 2. The van der Waals surface area contributed by atoms with Crippen molar-refractivity contribution in [3.8, 4) is 45.8 Å². The Hall–Kier alpha value is -7.90. The van der Waals surface area contributed by atoms with Crippen LogP contribution in [0.5, 0.6) is 0 Å². The van der Waals surface area contributed by atoms with Crippen LogP contribution in [0, 0.1) is 35.8 Å². The van der Waals surface area contributed by atoms with Gasteiger partial charge in [-0.3, -0.25) is 0 Å². The fourth-order valence-corrected chi connectivity index (χ4v) is 7.54. The molecule has 9 aromatic rings. The highest BCUT2D eigenvalue weighted by Crippen LogP contribution is 2.43. The summed E-state index contributed by atoms with van der Waals surface area (Å²) in [6.07, 6.45) is 0. The minimum atomic E-state index is 0.424. The first kappa shape index (κ1) is 30.2. The van der Waals surface area contributed by atoms with E-state index >= 15 is 0 Å². The van der Waals surface area contributed by atoms with Crippen LogP contribution in [-0.2, 0) is 0 Å². The lowest BCUT2D eigenvalue weighted by Gasteiger charge is -2.18. The number of nitriles is 2. The third kappa shape index (κ3) is 4.54. The number of benzene rings is 7. The molecule has 0 aliphatic heterocycles. The highest BCUT2D eigenvalue weighted by molar-refractivity contribution is 6.11. The predicted octanol–water partition coefficient (Wildman–Crippen LogP) is 12.1. The molecule has 238 valence electrons. The molecule has 0 aliphatic carbocycles. The number of rotatable bonds is 4. The standard InChI is InChI=1S/C46H24N6/c1-49-31-17-21-46-40(23-31)35-13-7-9-15-44(35)52(46)33-25-36(30-10-4-3-5-11-30)41(28-48)37(26-33)38-24-32(18-19-42(38)50-2)51-43-14-8-6-12-34(43)39-22-29(27-47)16-20-45(39)51/h3-26H. The van der Waals surface area contributed by atoms with E-state index in [1.807, 2.05) is 121 Å². The second-order valence-electron chi connectivity index (χ2n) is 12.6. The summed E-state index contributed by atoms with van der Waals surface area (Å²) in [6.45, 7) is 15.9. The van der Waals surface area contributed by atoms with Gasteiger partial charge in [0.05, 0.1) is 52.4 Å². The molecule has 0 saturated carbocycles. The number of hydrogen-bond acceptors (Lipinski definition) is 2. The number of aromatic nitrogens is 2. The summed E-state index contributed by atoms with van der Waals surface area (Å²) in [5.74, 6) is 0. The van der Waals surface area contributed by atoms with Crippen LogP contribution in [0.15, 0.2) is 146 Å². The van der Waals surface area contributed by atoms with Gasteiger partial charge in [-0.05, 0) is 88.8 Å². The Morgan fingerprint density at radius 1 is 0.462 bits per heavy atom. The third-order valence-electron chi connectivity index (χ3n) is 9.81. The molecular formula is C46H24N6. The Labute approximate surface area is 299 Å². The van der Waals surface area contributed by atoms with Gasteiger partial charge in [-0.15, -0.1) is 0 Å². The van der Waals surface area contributed by atoms with E-state index in [0.717, 1.165) is 66.1 Å². The molecule has 0 atom stereocenters. The second kappa shape index (κ2) is 11.9. The Morgan fingerprint density at radius 2 is 1.06 bits per heavy atom. The quantitative estimate of drug-likeness (QED) is 0.176. The van der Waals surface area contributed by atoms with Gasteiger partial charge in [-0.2, -0.15) is 10.5 Å². The molecule has 6 heteroatoms. The van der Waals surface area contributed by atoms with Crippen molar-refractivity contribution < 1.29 is 0 Å². The maximum atomic E-state index is 10.9. The average Bonchev–Trinajstić information content (AvgIpc) is 3.72. The average molecular weight is 661 g/mol. The zero-order chi connectivity index (χ0) is 35.3. The summed E-state index contributed by atoms with van der Waals surface area (Å²) in [6, 6.07) is 52.1. The topological polar surface area (TPSA) is 66.2 Å². The molecule has 0 bridgehead atoms. The SMILES string of the molecule is [C-]#[N+]c1ccc2c(c1)c1ccccc1n2-c1cc(-c2ccccc2)c(C#N)c(-c2cc(-n3c4ccccc4c4cc(C#N)ccc43)ccc2[N+]#[C-])c1. The summed E-state index contributed by atoms with van der Waals surface area (Å²) >= 11 is 0. The molecule has 6 nitrogen and oxygen atoms in total. The van der Waals surface area contributed by atoms with Gasteiger partial charge in [-0.25, -0.2) is 9.69 Å². The van der Waals surface area contributed by atoms with Crippen LogP contribution in [0.1, 0.15) is 11.1 Å². The Balaban J connectivity index is 1.38. The van der Waals surface area contributed by atoms with Crippen LogP contribution in [0.2, 0.25) is 0 Å². The molecule has 0 spiro atoms. The van der Waals surface area contributed by atoms with Gasteiger partial charge in [0, 0.05) is 33.1 Å². The van der Waals surface area contributed by atoms with Gasteiger partial charge < -0.3 is 9.13 Å². The second-order valence-corrected chi connectivity index (χ2v) is 12.6. The van der Waals surface area contributed by atoms with Crippen molar-refractivity contribution >= 4 is 55.0 Å². The van der Waals surface area contributed by atoms with Gasteiger partial charge in [-0.1, -0.05) is 78.9 Å². The molecule has 0 aliphatic rings. The van der Waals surface area contributed by atoms with Gasteiger partial charge in [0.15, 0.2) is 11.4 Å². The van der Waals surface area contributed by atoms with Crippen molar-refractivity contribution in [2.45, 2.75) is 0 Å². The van der Waals surface area contributed by atoms with Gasteiger partial charge in [0.1, 0.15) is 6.07 Å². The molecule has 0 radical (unpaired) electrons. The van der Waals surface area contributed by atoms with Crippen molar-refractivity contribution in [2.75, 3.05) is 0 Å². The summed E-state index contributed by atoms with van der Waals surface area (Å²) in [7, 11) is 0. The molecule has 0 unspecified atom stereocenters. The van der Waals surface area contributed by atoms with Crippen molar-refractivity contribution in [3.63, 3.8) is 0 Å². The Morgan fingerprint density at radius 3 is 1.73 bits per heavy atom. The lowest BCUT2D eigenvalue weighted by molar-refractivity contribution is 1.17. The molecular weight excluding hydrogens is 637 g/mol. The number of hydrogen-bond donors (Lipinski definition) is 0. The molecule has 7 aromatic carbocycles. The fraction of sp³-hybridized carbons (Fsp3) is 0. The monoisotopic (exact) mass is 660 g/mol. The number of nitrogens with zero attached hydrogens (tertiary/aromatic N) is 6. The molecule has 0 amide bonds.